The van der Waals surface area contributed by atoms with Crippen molar-refractivity contribution in [3.8, 4) is 0 Å². The summed E-state index contributed by atoms with van der Waals surface area (Å²) in [7, 11) is 0. The van der Waals surface area contributed by atoms with E-state index in [2.05, 4.69) is 0 Å². The molecular formula is C18H32O14. The quantitative estimate of drug-likeness (QED) is 0.182. The average Bonchev–Trinajstić information content (AvgIpc) is 2.76. The van der Waals surface area contributed by atoms with Gasteiger partial charge in [-0.2, -0.15) is 0 Å². The first kappa shape index (κ1) is 26.1. The predicted molar refractivity (Wildman–Crippen MR) is 98.4 cm³/mol. The van der Waals surface area contributed by atoms with Gasteiger partial charge in [0.1, 0.15) is 61.0 Å². The zero-order valence-corrected chi connectivity index (χ0v) is 17.4. The van der Waals surface area contributed by atoms with Crippen molar-refractivity contribution in [1.29, 1.82) is 0 Å². The van der Waals surface area contributed by atoms with E-state index in [4.69, 9.17) is 23.7 Å². The fourth-order valence-corrected chi connectivity index (χ4v) is 3.93. The van der Waals surface area contributed by atoms with E-state index in [1.165, 1.54) is 13.8 Å². The highest BCUT2D eigenvalue weighted by Crippen LogP contribution is 2.32. The van der Waals surface area contributed by atoms with Crippen molar-refractivity contribution >= 4 is 0 Å². The lowest BCUT2D eigenvalue weighted by Crippen LogP contribution is -2.66. The lowest BCUT2D eigenvalue weighted by molar-refractivity contribution is -0.380. The van der Waals surface area contributed by atoms with Crippen molar-refractivity contribution in [1.82, 2.24) is 0 Å². The zero-order chi connectivity index (χ0) is 23.9. The van der Waals surface area contributed by atoms with Crippen LogP contribution in [0.3, 0.4) is 0 Å². The molecule has 0 unspecified atom stereocenters. The first-order valence-electron chi connectivity index (χ1n) is 10.3. The number of ether oxygens (including phenoxy) is 5. The van der Waals surface area contributed by atoms with E-state index in [1.807, 2.05) is 0 Å². The maximum Gasteiger partial charge on any atom is 0.187 e. The maximum absolute atomic E-state index is 10.8. The average molecular weight is 472 g/mol. The summed E-state index contributed by atoms with van der Waals surface area (Å²) in [6.07, 6.45) is -22.4. The van der Waals surface area contributed by atoms with Gasteiger partial charge in [0.25, 0.3) is 0 Å². The second kappa shape index (κ2) is 10.4. The van der Waals surface area contributed by atoms with Gasteiger partial charge in [0.15, 0.2) is 18.9 Å². The Bertz CT molecular complexity index is 610. The molecule has 0 aromatic heterocycles. The molecule has 9 N–H and O–H groups in total. The van der Waals surface area contributed by atoms with Gasteiger partial charge in [-0.25, -0.2) is 0 Å². The van der Waals surface area contributed by atoms with Crippen molar-refractivity contribution in [2.24, 2.45) is 0 Å². The van der Waals surface area contributed by atoms with Crippen LogP contribution in [-0.2, 0) is 23.7 Å². The van der Waals surface area contributed by atoms with Crippen LogP contribution in [0.15, 0.2) is 0 Å². The van der Waals surface area contributed by atoms with E-state index in [1.54, 1.807) is 0 Å². The van der Waals surface area contributed by atoms with Crippen molar-refractivity contribution < 1.29 is 69.6 Å². The molecular weight excluding hydrogens is 440 g/mol. The third-order valence-corrected chi connectivity index (χ3v) is 6.01. The van der Waals surface area contributed by atoms with Crippen LogP contribution < -0.4 is 0 Å². The zero-order valence-electron chi connectivity index (χ0n) is 17.4. The van der Waals surface area contributed by atoms with E-state index in [0.29, 0.717) is 0 Å². The van der Waals surface area contributed by atoms with Gasteiger partial charge in [0.05, 0.1) is 18.8 Å². The van der Waals surface area contributed by atoms with Crippen molar-refractivity contribution in [2.75, 3.05) is 6.61 Å². The Morgan fingerprint density at radius 1 is 0.562 bits per heavy atom. The van der Waals surface area contributed by atoms with Gasteiger partial charge < -0.3 is 69.6 Å². The lowest BCUT2D eigenvalue weighted by atomic mass is 9.96. The molecule has 3 saturated heterocycles. The molecule has 14 heteroatoms. The summed E-state index contributed by atoms with van der Waals surface area (Å²) in [5.41, 5.74) is 0. The van der Waals surface area contributed by atoms with Gasteiger partial charge in [-0.3, -0.25) is 0 Å². The number of aliphatic hydroxyl groups is 9. The molecule has 0 aromatic carbocycles. The molecule has 32 heavy (non-hydrogen) atoms. The molecule has 0 aliphatic carbocycles. The minimum absolute atomic E-state index is 0.723. The van der Waals surface area contributed by atoms with Crippen LogP contribution in [0, 0.1) is 0 Å². The van der Waals surface area contributed by atoms with Crippen molar-refractivity contribution in [3.05, 3.63) is 0 Å². The highest BCUT2D eigenvalue weighted by Gasteiger charge is 2.52. The molecule has 3 aliphatic rings. The first-order chi connectivity index (χ1) is 15.0. The largest absolute Gasteiger partial charge is 0.394 e. The Hall–Kier alpha value is -0.560. The smallest absolute Gasteiger partial charge is 0.187 e. The van der Waals surface area contributed by atoms with Crippen LogP contribution in [0.5, 0.6) is 0 Å². The normalized spacial score (nSPS) is 55.0. The van der Waals surface area contributed by atoms with Gasteiger partial charge in [0.2, 0.25) is 0 Å². The second-order valence-electron chi connectivity index (χ2n) is 8.30. The lowest BCUT2D eigenvalue weighted by Gasteiger charge is -2.47. The molecule has 3 rings (SSSR count). The van der Waals surface area contributed by atoms with Crippen LogP contribution in [0.4, 0.5) is 0 Å². The van der Waals surface area contributed by atoms with Crippen LogP contribution in [0.1, 0.15) is 13.8 Å². The SMILES string of the molecule is C[C@@H]1O[C@@H](O[C@@H]2[C@@H](O)[C@H](O[C@@H]3O[C@@H](C)[C@H](O)[C@@H](O)[C@H]3O)[C@@H](CO)O[C@H]2O)[C@H](O)[C@H](O)[C@H]1O. The predicted octanol–water partition coefficient (Wildman–Crippen LogP) is -5.52. The monoisotopic (exact) mass is 472 g/mol. The standard InChI is InChI=1S/C18H32O14/c1-4-7(20)9(22)11(24)17(28-4)31-14-6(3-19)30-16(27)15(13(14)26)32-18-12(25)10(23)8(21)5(2)29-18/h4-27H,3H2,1-2H3/t4-,5-,6+,7-,8-,9+,10+,11+,12+,13-,14+,15+,16+,17-,18-/m0/s1. The van der Waals surface area contributed by atoms with E-state index in [9.17, 15) is 46.0 Å². The third kappa shape index (κ3) is 4.94. The Kier molecular flexibility index (Phi) is 8.44. The van der Waals surface area contributed by atoms with Crippen LogP contribution in [-0.4, -0.2) is 145 Å². The molecule has 15 atom stereocenters. The van der Waals surface area contributed by atoms with Gasteiger partial charge >= 0.3 is 0 Å². The topological polar surface area (TPSA) is 228 Å². The Morgan fingerprint density at radius 3 is 1.44 bits per heavy atom. The van der Waals surface area contributed by atoms with Crippen molar-refractivity contribution in [2.45, 2.75) is 106 Å². The van der Waals surface area contributed by atoms with Crippen LogP contribution >= 0.6 is 0 Å². The van der Waals surface area contributed by atoms with Crippen LogP contribution in [0.2, 0.25) is 0 Å². The first-order valence-corrected chi connectivity index (χ1v) is 10.3. The summed E-state index contributed by atoms with van der Waals surface area (Å²) >= 11 is 0. The number of hydrogen-bond acceptors (Lipinski definition) is 14. The summed E-state index contributed by atoms with van der Waals surface area (Å²) < 4.78 is 26.8. The highest BCUT2D eigenvalue weighted by atomic mass is 16.7. The van der Waals surface area contributed by atoms with E-state index < -0.39 is 98.7 Å². The highest BCUT2D eigenvalue weighted by molar-refractivity contribution is 4.95. The molecule has 14 nitrogen and oxygen atoms in total. The van der Waals surface area contributed by atoms with E-state index >= 15 is 0 Å². The minimum Gasteiger partial charge on any atom is -0.394 e. The second-order valence-corrected chi connectivity index (χ2v) is 8.30. The molecule has 0 saturated carbocycles. The van der Waals surface area contributed by atoms with Crippen molar-refractivity contribution in [3.63, 3.8) is 0 Å². The summed E-state index contributed by atoms with van der Waals surface area (Å²) in [5.74, 6) is 0. The Labute approximate surface area is 183 Å². The minimum atomic E-state index is -1.82. The summed E-state index contributed by atoms with van der Waals surface area (Å²) in [4.78, 5) is 0. The fraction of sp³-hybridized carbons (Fsp3) is 1.00. The van der Waals surface area contributed by atoms with Gasteiger partial charge in [-0.05, 0) is 13.8 Å². The third-order valence-electron chi connectivity index (χ3n) is 6.01. The fourth-order valence-electron chi connectivity index (χ4n) is 3.93. The molecule has 3 aliphatic heterocycles. The summed E-state index contributed by atoms with van der Waals surface area (Å²) in [6.45, 7) is 2.11. The molecule has 188 valence electrons. The van der Waals surface area contributed by atoms with Crippen LogP contribution in [0.25, 0.3) is 0 Å². The maximum atomic E-state index is 10.8. The summed E-state index contributed by atoms with van der Waals surface area (Å²) in [5, 5.41) is 90.4. The van der Waals surface area contributed by atoms with Gasteiger partial charge in [-0.1, -0.05) is 0 Å². The van der Waals surface area contributed by atoms with Gasteiger partial charge in [-0.15, -0.1) is 0 Å². The van der Waals surface area contributed by atoms with Gasteiger partial charge in [0, 0.05) is 0 Å². The number of rotatable bonds is 5. The number of hydrogen-bond donors (Lipinski definition) is 9. The van der Waals surface area contributed by atoms with E-state index in [-0.39, 0.29) is 0 Å². The molecule has 3 fully saturated rings. The summed E-state index contributed by atoms with van der Waals surface area (Å²) in [6, 6.07) is 0. The molecule has 0 bridgehead atoms. The molecule has 0 aromatic rings. The van der Waals surface area contributed by atoms with E-state index in [0.717, 1.165) is 0 Å². The molecule has 3 heterocycles. The molecule has 0 radical (unpaired) electrons. The number of aliphatic hydroxyl groups excluding tert-OH is 9. The molecule has 0 amide bonds. The molecule has 0 spiro atoms. The Morgan fingerprint density at radius 2 is 1.00 bits per heavy atom. The Balaban J connectivity index is 1.74.